The maximum Gasteiger partial charge on any atom is 0.124 e. The van der Waals surface area contributed by atoms with E-state index in [4.69, 9.17) is 23.8 Å². The molecule has 4 aliphatic heterocycles. The van der Waals surface area contributed by atoms with E-state index in [9.17, 15) is 5.11 Å². The van der Waals surface area contributed by atoms with Crippen molar-refractivity contribution in [3.8, 4) is 0 Å². The number of hydrogen-bond acceptors (Lipinski definition) is 7. The van der Waals surface area contributed by atoms with Crippen LogP contribution in [0.15, 0.2) is 0 Å². The van der Waals surface area contributed by atoms with Crippen molar-refractivity contribution in [3.05, 3.63) is 0 Å². The summed E-state index contributed by atoms with van der Waals surface area (Å²) in [6.07, 6.45) is 0.139. The third kappa shape index (κ3) is 2.29. The van der Waals surface area contributed by atoms with Crippen LogP contribution in [0, 0.1) is 11.8 Å². The number of rotatable bonds is 6. The second-order valence-electron chi connectivity index (χ2n) is 7.45. The van der Waals surface area contributed by atoms with Gasteiger partial charge in [0.2, 0.25) is 0 Å². The van der Waals surface area contributed by atoms with Crippen LogP contribution in [0.5, 0.6) is 0 Å². The van der Waals surface area contributed by atoms with E-state index in [1.807, 2.05) is 19.0 Å². The van der Waals surface area contributed by atoms with Gasteiger partial charge in [-0.25, -0.2) is 0 Å². The third-order valence-electron chi connectivity index (χ3n) is 6.32. The molecule has 0 saturated carbocycles. The SMILES string of the molecule is CC(ON(C)C[C@H]1[C@@H]2CO[C@@]1(CO)CO2)[C@@]12CO[C@@H](CO1)[C@@H]2C. The predicted octanol–water partition coefficient (Wildman–Crippen LogP) is -0.181. The van der Waals surface area contributed by atoms with Gasteiger partial charge in [0.15, 0.2) is 0 Å². The van der Waals surface area contributed by atoms with Gasteiger partial charge in [0.25, 0.3) is 0 Å². The highest BCUT2D eigenvalue weighted by Crippen LogP contribution is 2.45. The lowest BCUT2D eigenvalue weighted by molar-refractivity contribution is -0.252. The molecule has 0 aromatic heterocycles. The number of fused-ring (bicyclic) bond motifs is 4. The summed E-state index contributed by atoms with van der Waals surface area (Å²) in [6, 6.07) is 0. The summed E-state index contributed by atoms with van der Waals surface area (Å²) in [4.78, 5) is 6.14. The zero-order valence-corrected chi connectivity index (χ0v) is 14.1. The Morgan fingerprint density at radius 1 is 1.22 bits per heavy atom. The number of hydrogen-bond donors (Lipinski definition) is 1. The maximum atomic E-state index is 9.70. The van der Waals surface area contributed by atoms with Gasteiger partial charge in [-0.15, -0.1) is 0 Å². The van der Waals surface area contributed by atoms with Gasteiger partial charge >= 0.3 is 0 Å². The Morgan fingerprint density at radius 2 is 1.96 bits per heavy atom. The van der Waals surface area contributed by atoms with Crippen molar-refractivity contribution in [2.75, 3.05) is 46.6 Å². The highest BCUT2D eigenvalue weighted by molar-refractivity contribution is 5.05. The van der Waals surface area contributed by atoms with Crippen molar-refractivity contribution in [2.24, 2.45) is 11.8 Å². The average Bonchev–Trinajstić information content (AvgIpc) is 3.27. The first-order chi connectivity index (χ1) is 11.0. The molecule has 4 aliphatic rings. The minimum Gasteiger partial charge on any atom is -0.393 e. The van der Waals surface area contributed by atoms with Crippen LogP contribution in [0.1, 0.15) is 13.8 Å². The molecule has 0 amide bonds. The van der Waals surface area contributed by atoms with Gasteiger partial charge in [0, 0.05) is 25.4 Å². The summed E-state index contributed by atoms with van der Waals surface area (Å²) in [7, 11) is 1.92. The molecular weight excluding hydrogens is 302 g/mol. The number of aliphatic hydroxyl groups excluding tert-OH is 1. The number of ether oxygens (including phenoxy) is 4. The van der Waals surface area contributed by atoms with E-state index in [1.54, 1.807) is 0 Å². The van der Waals surface area contributed by atoms with E-state index < -0.39 is 5.60 Å². The van der Waals surface area contributed by atoms with Crippen molar-refractivity contribution in [2.45, 2.75) is 43.4 Å². The quantitative estimate of drug-likeness (QED) is 0.678. The van der Waals surface area contributed by atoms with Crippen LogP contribution in [0.2, 0.25) is 0 Å². The topological polar surface area (TPSA) is 69.6 Å². The molecule has 23 heavy (non-hydrogen) atoms. The Balaban J connectivity index is 1.38. The largest absolute Gasteiger partial charge is 0.393 e. The highest BCUT2D eigenvalue weighted by Gasteiger charge is 2.59. The third-order valence-corrected chi connectivity index (χ3v) is 6.32. The molecule has 1 N–H and O–H groups in total. The molecule has 4 rings (SSSR count). The van der Waals surface area contributed by atoms with Crippen molar-refractivity contribution in [1.29, 1.82) is 0 Å². The molecule has 0 radical (unpaired) electrons. The molecule has 4 bridgehead atoms. The van der Waals surface area contributed by atoms with Gasteiger partial charge < -0.3 is 24.1 Å². The smallest absolute Gasteiger partial charge is 0.124 e. The second-order valence-corrected chi connectivity index (χ2v) is 7.45. The van der Waals surface area contributed by atoms with Crippen LogP contribution in [0.25, 0.3) is 0 Å². The molecule has 4 saturated heterocycles. The summed E-state index contributed by atoms with van der Waals surface area (Å²) in [6.45, 7) is 7.11. The second kappa shape index (κ2) is 5.62. The molecular formula is C16H27NO6. The Bertz CT molecular complexity index is 444. The van der Waals surface area contributed by atoms with Crippen molar-refractivity contribution >= 4 is 0 Å². The van der Waals surface area contributed by atoms with Crippen LogP contribution in [0.4, 0.5) is 0 Å². The lowest BCUT2D eigenvalue weighted by Crippen LogP contribution is -2.51. The van der Waals surface area contributed by atoms with Crippen LogP contribution >= 0.6 is 0 Å². The van der Waals surface area contributed by atoms with E-state index in [-0.39, 0.29) is 36.4 Å². The normalized spacial score (nSPS) is 49.4. The molecule has 4 heterocycles. The first-order valence-corrected chi connectivity index (χ1v) is 8.51. The van der Waals surface area contributed by atoms with Gasteiger partial charge in [-0.3, -0.25) is 4.84 Å². The van der Waals surface area contributed by atoms with Gasteiger partial charge in [-0.2, -0.15) is 5.06 Å². The summed E-state index contributed by atoms with van der Waals surface area (Å²) >= 11 is 0. The molecule has 7 heteroatoms. The minimum absolute atomic E-state index is 0.0167. The summed E-state index contributed by atoms with van der Waals surface area (Å²) in [5.41, 5.74) is -0.919. The van der Waals surface area contributed by atoms with E-state index in [2.05, 4.69) is 6.92 Å². The molecule has 4 fully saturated rings. The molecule has 0 aromatic carbocycles. The molecule has 7 nitrogen and oxygen atoms in total. The van der Waals surface area contributed by atoms with Crippen molar-refractivity contribution in [3.63, 3.8) is 0 Å². The number of aliphatic hydroxyl groups is 1. The molecule has 0 aliphatic carbocycles. The van der Waals surface area contributed by atoms with Gasteiger partial charge in [-0.05, 0) is 6.92 Å². The lowest BCUT2D eigenvalue weighted by atomic mass is 9.86. The first kappa shape index (κ1) is 16.2. The molecule has 132 valence electrons. The summed E-state index contributed by atoms with van der Waals surface area (Å²) in [5, 5.41) is 11.5. The lowest BCUT2D eigenvalue weighted by Gasteiger charge is -2.37. The van der Waals surface area contributed by atoms with Gasteiger partial charge in [0.1, 0.15) is 17.3 Å². The maximum absolute atomic E-state index is 9.70. The van der Waals surface area contributed by atoms with Crippen molar-refractivity contribution < 1.29 is 28.9 Å². The zero-order chi connectivity index (χ0) is 16.2. The molecule has 7 atom stereocenters. The zero-order valence-electron chi connectivity index (χ0n) is 14.1. The average molecular weight is 329 g/mol. The Labute approximate surface area is 136 Å². The van der Waals surface area contributed by atoms with Gasteiger partial charge in [-0.1, -0.05) is 6.92 Å². The fourth-order valence-electron chi connectivity index (χ4n) is 4.58. The molecule has 0 aromatic rings. The predicted molar refractivity (Wildman–Crippen MR) is 79.8 cm³/mol. The highest BCUT2D eigenvalue weighted by atomic mass is 16.7. The van der Waals surface area contributed by atoms with Crippen molar-refractivity contribution in [1.82, 2.24) is 5.06 Å². The fourth-order valence-corrected chi connectivity index (χ4v) is 4.58. The molecule has 1 unspecified atom stereocenters. The van der Waals surface area contributed by atoms with Crippen LogP contribution < -0.4 is 0 Å². The molecule has 0 spiro atoms. The summed E-state index contributed by atoms with van der Waals surface area (Å²) < 4.78 is 23.3. The Morgan fingerprint density at radius 3 is 2.48 bits per heavy atom. The van der Waals surface area contributed by atoms with E-state index >= 15 is 0 Å². The first-order valence-electron chi connectivity index (χ1n) is 8.51. The van der Waals surface area contributed by atoms with E-state index in [0.717, 1.165) is 0 Å². The number of nitrogens with zero attached hydrogens (tertiary/aromatic N) is 1. The Kier molecular flexibility index (Phi) is 3.96. The van der Waals surface area contributed by atoms with Crippen LogP contribution in [-0.2, 0) is 23.8 Å². The monoisotopic (exact) mass is 329 g/mol. The standard InChI is InChI=1S/C16H27NO6/c1-10-13-5-22-16(10,9-20-13)11(2)23-17(3)4-12-14-6-21-15(12,7-18)8-19-14/h10-14,18H,4-9H2,1-3H3/t10-,11?,12-,13-,14-,15-,16-/m0/s1. The van der Waals surface area contributed by atoms with E-state index in [1.165, 1.54) is 0 Å². The summed E-state index contributed by atoms with van der Waals surface area (Å²) in [5.74, 6) is 0.459. The fraction of sp³-hybridized carbons (Fsp3) is 1.00. The number of hydroxylamine groups is 2. The minimum atomic E-state index is -0.567. The van der Waals surface area contributed by atoms with Crippen LogP contribution in [-0.4, -0.2) is 86.3 Å². The van der Waals surface area contributed by atoms with Gasteiger partial charge in [0.05, 0.1) is 45.2 Å². The Hall–Kier alpha value is -0.280. The van der Waals surface area contributed by atoms with E-state index in [0.29, 0.717) is 38.9 Å². The van der Waals surface area contributed by atoms with Crippen LogP contribution in [0.3, 0.4) is 0 Å².